The number of benzene rings is 1. The molecule has 1 aromatic heterocycles. The van der Waals surface area contributed by atoms with E-state index in [4.69, 9.17) is 0 Å². The zero-order valence-electron chi connectivity index (χ0n) is 8.48. The lowest BCUT2D eigenvalue weighted by molar-refractivity contribution is 0.801. The van der Waals surface area contributed by atoms with Gasteiger partial charge in [0, 0.05) is 17.8 Å². The van der Waals surface area contributed by atoms with E-state index >= 15 is 0 Å². The number of aromatic nitrogens is 1. The van der Waals surface area contributed by atoms with Crippen molar-refractivity contribution in [1.29, 1.82) is 0 Å². The van der Waals surface area contributed by atoms with Crippen LogP contribution in [0.15, 0.2) is 48.7 Å². The average molecular weight is 195 g/mol. The molecule has 2 aromatic rings. The van der Waals surface area contributed by atoms with Crippen molar-refractivity contribution in [3.63, 3.8) is 0 Å². The number of rotatable bonds is 1. The van der Waals surface area contributed by atoms with E-state index in [1.807, 2.05) is 6.20 Å². The third-order valence-corrected chi connectivity index (χ3v) is 3.02. The number of aromatic amines is 1. The molecule has 1 aromatic carbocycles. The largest absolute Gasteiger partial charge is 0.364 e. The molecule has 1 nitrogen and oxygen atoms in total. The van der Waals surface area contributed by atoms with Crippen LogP contribution in [0.1, 0.15) is 22.7 Å². The number of H-pyrrole nitrogens is 1. The lowest BCUT2D eigenvalue weighted by atomic mass is 9.88. The van der Waals surface area contributed by atoms with E-state index in [-0.39, 0.29) is 0 Å². The monoisotopic (exact) mass is 195 g/mol. The highest BCUT2D eigenvalue weighted by atomic mass is 14.7. The maximum Gasteiger partial charge on any atom is 0.0220 e. The molecule has 0 amide bonds. The quantitative estimate of drug-likeness (QED) is 0.718. The summed E-state index contributed by atoms with van der Waals surface area (Å²) >= 11 is 0. The summed E-state index contributed by atoms with van der Waals surface area (Å²) in [5, 5.41) is 0. The van der Waals surface area contributed by atoms with Crippen molar-refractivity contribution in [2.75, 3.05) is 0 Å². The maximum atomic E-state index is 3.29. The van der Waals surface area contributed by atoms with Crippen molar-refractivity contribution in [2.24, 2.45) is 0 Å². The van der Waals surface area contributed by atoms with E-state index < -0.39 is 0 Å². The van der Waals surface area contributed by atoms with Gasteiger partial charge in [-0.1, -0.05) is 36.4 Å². The van der Waals surface area contributed by atoms with Gasteiger partial charge in [0.1, 0.15) is 0 Å². The minimum absolute atomic E-state index is 0.509. The van der Waals surface area contributed by atoms with Gasteiger partial charge in [0.25, 0.3) is 0 Å². The highest BCUT2D eigenvalue weighted by Crippen LogP contribution is 2.28. The second kappa shape index (κ2) is 3.43. The molecule has 1 N–H and O–H groups in total. The molecule has 1 unspecified atom stereocenters. The molecule has 0 saturated carbocycles. The first-order valence-corrected chi connectivity index (χ1v) is 5.33. The summed E-state index contributed by atoms with van der Waals surface area (Å²) in [4.78, 5) is 3.29. The second-order valence-corrected chi connectivity index (χ2v) is 3.99. The van der Waals surface area contributed by atoms with Gasteiger partial charge in [0.15, 0.2) is 0 Å². The van der Waals surface area contributed by atoms with Crippen molar-refractivity contribution in [3.8, 4) is 0 Å². The Morgan fingerprint density at radius 2 is 2.00 bits per heavy atom. The molecule has 1 heterocycles. The summed E-state index contributed by atoms with van der Waals surface area (Å²) in [7, 11) is 0. The van der Waals surface area contributed by atoms with Gasteiger partial charge < -0.3 is 4.98 Å². The minimum atomic E-state index is 0.509. The zero-order chi connectivity index (χ0) is 10.1. The summed E-state index contributed by atoms with van der Waals surface area (Å²) in [5.74, 6) is 0.509. The second-order valence-electron chi connectivity index (χ2n) is 3.99. The van der Waals surface area contributed by atoms with Crippen molar-refractivity contribution in [3.05, 3.63) is 65.5 Å². The van der Waals surface area contributed by atoms with Crippen LogP contribution in [0.25, 0.3) is 6.08 Å². The Bertz CT molecular complexity index is 480. The number of allylic oxidation sites excluding steroid dienone is 1. The van der Waals surface area contributed by atoms with Gasteiger partial charge in [-0.3, -0.25) is 0 Å². The van der Waals surface area contributed by atoms with Gasteiger partial charge in [-0.15, -0.1) is 0 Å². The smallest absolute Gasteiger partial charge is 0.0220 e. The lowest BCUT2D eigenvalue weighted by Gasteiger charge is -2.18. The molecule has 1 atom stereocenters. The molecule has 15 heavy (non-hydrogen) atoms. The third kappa shape index (κ3) is 1.50. The van der Waals surface area contributed by atoms with Gasteiger partial charge >= 0.3 is 0 Å². The minimum Gasteiger partial charge on any atom is -0.364 e. The Hall–Kier alpha value is -1.76. The first-order valence-electron chi connectivity index (χ1n) is 5.33. The van der Waals surface area contributed by atoms with E-state index in [1.54, 1.807) is 0 Å². The number of hydrogen-bond donors (Lipinski definition) is 1. The van der Waals surface area contributed by atoms with Crippen LogP contribution in [-0.4, -0.2) is 4.98 Å². The average Bonchev–Trinajstić information content (AvgIpc) is 2.82. The predicted molar refractivity (Wildman–Crippen MR) is 62.7 cm³/mol. The normalized spacial score (nSPS) is 18.8. The van der Waals surface area contributed by atoms with Gasteiger partial charge in [-0.05, 0) is 29.7 Å². The van der Waals surface area contributed by atoms with Crippen LogP contribution in [0.4, 0.5) is 0 Å². The van der Waals surface area contributed by atoms with Crippen LogP contribution in [0, 0.1) is 0 Å². The zero-order valence-corrected chi connectivity index (χ0v) is 8.48. The van der Waals surface area contributed by atoms with Crippen LogP contribution in [0.2, 0.25) is 0 Å². The highest BCUT2D eigenvalue weighted by molar-refractivity contribution is 5.58. The van der Waals surface area contributed by atoms with Crippen molar-refractivity contribution >= 4 is 6.08 Å². The van der Waals surface area contributed by atoms with Crippen LogP contribution < -0.4 is 0 Å². The van der Waals surface area contributed by atoms with Crippen LogP contribution in [0.5, 0.6) is 0 Å². The van der Waals surface area contributed by atoms with E-state index in [1.165, 1.54) is 16.8 Å². The Morgan fingerprint density at radius 1 is 1.07 bits per heavy atom. The number of nitrogens with one attached hydrogen (secondary N) is 1. The van der Waals surface area contributed by atoms with Gasteiger partial charge in [0.2, 0.25) is 0 Å². The van der Waals surface area contributed by atoms with Crippen molar-refractivity contribution in [2.45, 2.75) is 12.3 Å². The fourth-order valence-corrected chi connectivity index (χ4v) is 2.20. The summed E-state index contributed by atoms with van der Waals surface area (Å²) < 4.78 is 0. The van der Waals surface area contributed by atoms with Crippen LogP contribution in [0.3, 0.4) is 0 Å². The van der Waals surface area contributed by atoms with E-state index in [0.717, 1.165) is 6.42 Å². The molecule has 0 aliphatic heterocycles. The maximum absolute atomic E-state index is 3.29. The molecule has 1 aliphatic rings. The predicted octanol–water partition coefficient (Wildman–Crippen LogP) is 3.37. The highest BCUT2D eigenvalue weighted by Gasteiger charge is 2.15. The Balaban J connectivity index is 1.96. The van der Waals surface area contributed by atoms with Gasteiger partial charge in [0.05, 0.1) is 0 Å². The van der Waals surface area contributed by atoms with Crippen molar-refractivity contribution in [1.82, 2.24) is 4.98 Å². The Morgan fingerprint density at radius 3 is 2.87 bits per heavy atom. The molecule has 1 aliphatic carbocycles. The fraction of sp³-hybridized carbons (Fsp3) is 0.143. The molecule has 0 spiro atoms. The van der Waals surface area contributed by atoms with E-state index in [9.17, 15) is 0 Å². The molecule has 0 saturated heterocycles. The molecule has 74 valence electrons. The number of hydrogen-bond acceptors (Lipinski definition) is 0. The van der Waals surface area contributed by atoms with E-state index in [2.05, 4.69) is 53.5 Å². The molecular formula is C14H13N. The molecular weight excluding hydrogens is 182 g/mol. The SMILES string of the molecule is C1=CC(c2ccc[nH]2)Cc2ccccc21. The molecule has 3 rings (SSSR count). The molecule has 0 fully saturated rings. The van der Waals surface area contributed by atoms with E-state index in [0.29, 0.717) is 5.92 Å². The van der Waals surface area contributed by atoms with Gasteiger partial charge in [-0.25, -0.2) is 0 Å². The number of fused-ring (bicyclic) bond motifs is 1. The topological polar surface area (TPSA) is 15.8 Å². The third-order valence-electron chi connectivity index (χ3n) is 3.02. The summed E-state index contributed by atoms with van der Waals surface area (Å²) in [6, 6.07) is 12.8. The Labute approximate surface area is 89.5 Å². The van der Waals surface area contributed by atoms with Crippen LogP contribution >= 0.6 is 0 Å². The standard InChI is InChI=1S/C14H13N/c1-2-5-12-10-13(8-7-11(12)4-1)14-6-3-9-15-14/h1-9,13,15H,10H2. The summed E-state index contributed by atoms with van der Waals surface area (Å²) in [6.07, 6.45) is 7.61. The summed E-state index contributed by atoms with van der Waals surface area (Å²) in [5.41, 5.74) is 4.11. The first-order chi connectivity index (χ1) is 7.43. The molecule has 1 heteroatoms. The fourth-order valence-electron chi connectivity index (χ4n) is 2.20. The molecule has 0 radical (unpaired) electrons. The first kappa shape index (κ1) is 8.54. The summed E-state index contributed by atoms with van der Waals surface area (Å²) in [6.45, 7) is 0. The molecule has 0 bridgehead atoms. The Kier molecular flexibility index (Phi) is 1.95. The van der Waals surface area contributed by atoms with Crippen LogP contribution in [-0.2, 0) is 6.42 Å². The van der Waals surface area contributed by atoms with Crippen molar-refractivity contribution < 1.29 is 0 Å². The lowest BCUT2D eigenvalue weighted by Crippen LogP contribution is -2.05. The van der Waals surface area contributed by atoms with Gasteiger partial charge in [-0.2, -0.15) is 0 Å².